The molecule has 0 spiro atoms. The van der Waals surface area contributed by atoms with Gasteiger partial charge in [-0.15, -0.1) is 0 Å². The Morgan fingerprint density at radius 2 is 2.27 bits per heavy atom. The van der Waals surface area contributed by atoms with Crippen LogP contribution in [0.3, 0.4) is 0 Å². The fourth-order valence-corrected chi connectivity index (χ4v) is 1.37. The first-order chi connectivity index (χ1) is 7.15. The molecule has 1 rings (SSSR count). The maximum atomic E-state index is 13.0. The molecule has 0 atom stereocenters. The van der Waals surface area contributed by atoms with Crippen molar-refractivity contribution in [3.63, 3.8) is 0 Å². The lowest BCUT2D eigenvalue weighted by Crippen LogP contribution is -2.00. The quantitative estimate of drug-likeness (QED) is 0.718. The second-order valence-corrected chi connectivity index (χ2v) is 3.54. The second-order valence-electron chi connectivity index (χ2n) is 3.17. The van der Waals surface area contributed by atoms with Crippen molar-refractivity contribution in [1.82, 2.24) is 0 Å². The molecule has 0 heterocycles. The van der Waals surface area contributed by atoms with Gasteiger partial charge in [0.05, 0.1) is 5.02 Å². The molecule has 0 aliphatic carbocycles. The van der Waals surface area contributed by atoms with E-state index >= 15 is 0 Å². The Morgan fingerprint density at radius 1 is 1.53 bits per heavy atom. The molecule has 0 amide bonds. The number of allylic oxidation sites excluding steroid dienone is 2. The van der Waals surface area contributed by atoms with Gasteiger partial charge in [-0.3, -0.25) is 4.79 Å². The number of hydrogen-bond acceptors (Lipinski definition) is 1. The van der Waals surface area contributed by atoms with Crippen molar-refractivity contribution >= 4 is 17.4 Å². The van der Waals surface area contributed by atoms with Gasteiger partial charge in [-0.05, 0) is 24.1 Å². The largest absolute Gasteiger partial charge is 0.294 e. The highest BCUT2D eigenvalue weighted by Crippen LogP contribution is 2.20. The van der Waals surface area contributed by atoms with E-state index in [1.54, 1.807) is 18.2 Å². The number of halogens is 2. The van der Waals surface area contributed by atoms with E-state index in [1.807, 2.05) is 6.92 Å². The van der Waals surface area contributed by atoms with Gasteiger partial charge in [-0.1, -0.05) is 36.7 Å². The molecule has 15 heavy (non-hydrogen) atoms. The van der Waals surface area contributed by atoms with Crippen molar-refractivity contribution in [3.8, 4) is 0 Å². The highest BCUT2D eigenvalue weighted by molar-refractivity contribution is 6.31. The fraction of sp³-hybridized carbons (Fsp3) is 0.250. The summed E-state index contributed by atoms with van der Waals surface area (Å²) in [4.78, 5) is 11.4. The van der Waals surface area contributed by atoms with Crippen LogP contribution in [0.5, 0.6) is 0 Å². The Labute approximate surface area is 93.6 Å². The van der Waals surface area contributed by atoms with Gasteiger partial charge < -0.3 is 0 Å². The van der Waals surface area contributed by atoms with Gasteiger partial charge in [0.25, 0.3) is 0 Å². The average molecular weight is 227 g/mol. The van der Waals surface area contributed by atoms with Crippen molar-refractivity contribution in [2.75, 3.05) is 0 Å². The Hall–Kier alpha value is -1.15. The molecule has 0 N–H and O–H groups in total. The zero-order valence-corrected chi connectivity index (χ0v) is 9.22. The smallest absolute Gasteiger partial charge is 0.159 e. The molecule has 0 radical (unpaired) electrons. The van der Waals surface area contributed by atoms with Crippen molar-refractivity contribution in [3.05, 3.63) is 46.8 Å². The van der Waals surface area contributed by atoms with Crippen molar-refractivity contribution < 1.29 is 9.18 Å². The summed E-state index contributed by atoms with van der Waals surface area (Å²) in [5, 5.41) is 0.0377. The monoisotopic (exact) mass is 226 g/mol. The molecule has 80 valence electrons. The molecule has 0 aliphatic rings. The van der Waals surface area contributed by atoms with Crippen LogP contribution in [0.15, 0.2) is 30.4 Å². The van der Waals surface area contributed by atoms with E-state index in [0.29, 0.717) is 5.56 Å². The Kier molecular flexibility index (Phi) is 4.50. The van der Waals surface area contributed by atoms with Crippen LogP contribution in [0.25, 0.3) is 0 Å². The summed E-state index contributed by atoms with van der Waals surface area (Å²) in [7, 11) is 0. The third-order valence-electron chi connectivity index (χ3n) is 1.94. The molecule has 0 saturated heterocycles. The van der Waals surface area contributed by atoms with Crippen LogP contribution in [0.1, 0.15) is 18.9 Å². The predicted octanol–water partition coefficient (Wildman–Crippen LogP) is 3.56. The summed E-state index contributed by atoms with van der Waals surface area (Å²) in [6.45, 7) is 1.94. The number of ketones is 1. The summed E-state index contributed by atoms with van der Waals surface area (Å²) in [5.74, 6) is -0.550. The normalized spacial score (nSPS) is 10.9. The third kappa shape index (κ3) is 3.48. The second kappa shape index (κ2) is 5.66. The topological polar surface area (TPSA) is 17.1 Å². The summed E-state index contributed by atoms with van der Waals surface area (Å²) in [5.41, 5.74) is 0.530. The molecule has 0 unspecified atom stereocenters. The van der Waals surface area contributed by atoms with Crippen LogP contribution in [0, 0.1) is 5.82 Å². The highest BCUT2D eigenvalue weighted by atomic mass is 35.5. The first-order valence-electron chi connectivity index (χ1n) is 4.77. The van der Waals surface area contributed by atoms with Crippen LogP contribution in [0.4, 0.5) is 4.39 Å². The summed E-state index contributed by atoms with van der Waals surface area (Å²) < 4.78 is 13.0. The predicted molar refractivity (Wildman–Crippen MR) is 59.6 cm³/mol. The van der Waals surface area contributed by atoms with E-state index in [4.69, 9.17) is 11.6 Å². The lowest BCUT2D eigenvalue weighted by atomic mass is 10.1. The molecule has 0 bridgehead atoms. The molecule has 0 saturated carbocycles. The first kappa shape index (κ1) is 11.9. The Morgan fingerprint density at radius 3 is 2.93 bits per heavy atom. The molecule has 1 aromatic carbocycles. The van der Waals surface area contributed by atoms with Crippen LogP contribution >= 0.6 is 11.6 Å². The highest BCUT2D eigenvalue weighted by Gasteiger charge is 2.07. The fourth-order valence-electron chi connectivity index (χ4n) is 1.18. The van der Waals surface area contributed by atoms with E-state index in [9.17, 15) is 9.18 Å². The van der Waals surface area contributed by atoms with Crippen molar-refractivity contribution in [1.29, 1.82) is 0 Å². The maximum Gasteiger partial charge on any atom is 0.159 e. The van der Waals surface area contributed by atoms with Gasteiger partial charge in [-0.2, -0.15) is 0 Å². The molecule has 0 aliphatic heterocycles. The lowest BCUT2D eigenvalue weighted by Gasteiger charge is -2.01. The van der Waals surface area contributed by atoms with Gasteiger partial charge in [-0.25, -0.2) is 4.39 Å². The number of benzene rings is 1. The zero-order chi connectivity index (χ0) is 11.3. The van der Waals surface area contributed by atoms with Crippen LogP contribution in [-0.2, 0) is 11.2 Å². The summed E-state index contributed by atoms with van der Waals surface area (Å²) in [6, 6.07) is 4.48. The van der Waals surface area contributed by atoms with E-state index in [0.717, 1.165) is 6.42 Å². The van der Waals surface area contributed by atoms with Gasteiger partial charge >= 0.3 is 0 Å². The summed E-state index contributed by atoms with van der Waals surface area (Å²) >= 11 is 5.72. The SMILES string of the molecule is CC/C=C/C(=O)Cc1cccc(F)c1Cl. The lowest BCUT2D eigenvalue weighted by molar-refractivity contribution is -0.114. The number of carbonyl (C=O) groups excluding carboxylic acids is 1. The molecule has 0 fully saturated rings. The minimum Gasteiger partial charge on any atom is -0.294 e. The van der Waals surface area contributed by atoms with Crippen LogP contribution in [-0.4, -0.2) is 5.78 Å². The van der Waals surface area contributed by atoms with Gasteiger partial charge in [0.2, 0.25) is 0 Å². The third-order valence-corrected chi connectivity index (χ3v) is 2.36. The number of rotatable bonds is 4. The van der Waals surface area contributed by atoms with Crippen molar-refractivity contribution in [2.24, 2.45) is 0 Å². The zero-order valence-electron chi connectivity index (χ0n) is 8.47. The van der Waals surface area contributed by atoms with E-state index < -0.39 is 5.82 Å². The molecule has 0 aromatic heterocycles. The van der Waals surface area contributed by atoms with E-state index in [2.05, 4.69) is 0 Å². The Balaban J connectivity index is 2.77. The van der Waals surface area contributed by atoms with E-state index in [1.165, 1.54) is 12.1 Å². The molecular formula is C12H12ClFO. The maximum absolute atomic E-state index is 13.0. The molecular weight excluding hydrogens is 215 g/mol. The van der Waals surface area contributed by atoms with Gasteiger partial charge in [0.15, 0.2) is 5.78 Å². The molecule has 1 nitrogen and oxygen atoms in total. The first-order valence-corrected chi connectivity index (χ1v) is 5.15. The van der Waals surface area contributed by atoms with Crippen molar-refractivity contribution in [2.45, 2.75) is 19.8 Å². The number of hydrogen-bond donors (Lipinski definition) is 0. The van der Waals surface area contributed by atoms with Gasteiger partial charge in [0.1, 0.15) is 5.82 Å². The average Bonchev–Trinajstić information content (AvgIpc) is 2.22. The van der Waals surface area contributed by atoms with Crippen LogP contribution < -0.4 is 0 Å². The minimum absolute atomic E-state index is 0.0377. The Bertz CT molecular complexity index is 385. The molecule has 1 aromatic rings. The van der Waals surface area contributed by atoms with E-state index in [-0.39, 0.29) is 17.2 Å². The van der Waals surface area contributed by atoms with Gasteiger partial charge in [0, 0.05) is 6.42 Å². The minimum atomic E-state index is -0.485. The van der Waals surface area contributed by atoms with Crippen LogP contribution in [0.2, 0.25) is 5.02 Å². The number of carbonyl (C=O) groups is 1. The summed E-state index contributed by atoms with van der Waals surface area (Å²) in [6.07, 6.45) is 4.23. The molecule has 3 heteroatoms. The standard InChI is InChI=1S/C12H12ClFO/c1-2-3-6-10(15)8-9-5-4-7-11(14)12(9)13/h3-7H,2,8H2,1H3/b6-3+.